The van der Waals surface area contributed by atoms with Crippen LogP contribution in [0.25, 0.3) is 11.5 Å². The summed E-state index contributed by atoms with van der Waals surface area (Å²) in [6, 6.07) is 13.4. The lowest BCUT2D eigenvalue weighted by atomic mass is 10.1. The highest BCUT2D eigenvalue weighted by Crippen LogP contribution is 2.32. The Morgan fingerprint density at radius 3 is 2.89 bits per heavy atom. The van der Waals surface area contributed by atoms with Gasteiger partial charge >= 0.3 is 0 Å². The highest BCUT2D eigenvalue weighted by molar-refractivity contribution is 7.99. The third-order valence-corrected chi connectivity index (χ3v) is 4.85. The zero-order chi connectivity index (χ0) is 18.6. The molecule has 0 fully saturated rings. The second-order valence-corrected chi connectivity index (χ2v) is 6.87. The normalized spacial score (nSPS) is 12.2. The minimum Gasteiger partial charge on any atom is -0.454 e. The van der Waals surface area contributed by atoms with Crippen LogP contribution < -0.4 is 14.8 Å². The number of fused-ring (bicyclic) bond motifs is 1. The Kier molecular flexibility index (Phi) is 4.97. The van der Waals surface area contributed by atoms with E-state index in [1.54, 1.807) is 0 Å². The molecule has 1 aliphatic heterocycles. The number of hydrogen-bond donors (Lipinski definition) is 1. The minimum atomic E-state index is -0.117. The van der Waals surface area contributed by atoms with E-state index in [-0.39, 0.29) is 18.5 Å². The van der Waals surface area contributed by atoms with Crippen LogP contribution in [0.15, 0.2) is 52.1 Å². The molecule has 0 radical (unpaired) electrons. The molecule has 0 spiro atoms. The molecule has 8 heteroatoms. The fourth-order valence-corrected chi connectivity index (χ4v) is 3.21. The quantitative estimate of drug-likeness (QED) is 0.654. The topological polar surface area (TPSA) is 86.5 Å². The van der Waals surface area contributed by atoms with Gasteiger partial charge in [-0.2, -0.15) is 0 Å². The van der Waals surface area contributed by atoms with Crippen LogP contribution in [0.2, 0.25) is 0 Å². The third kappa shape index (κ3) is 4.06. The molecule has 0 saturated carbocycles. The van der Waals surface area contributed by atoms with Gasteiger partial charge in [0.2, 0.25) is 18.6 Å². The average Bonchev–Trinajstić information content (AvgIpc) is 3.34. The van der Waals surface area contributed by atoms with E-state index in [1.165, 1.54) is 11.8 Å². The molecule has 4 rings (SSSR count). The van der Waals surface area contributed by atoms with E-state index in [2.05, 4.69) is 15.5 Å². The van der Waals surface area contributed by atoms with Crippen LogP contribution in [0.4, 0.5) is 0 Å². The fraction of sp³-hybridized carbons (Fsp3) is 0.211. The smallest absolute Gasteiger partial charge is 0.277 e. The Bertz CT molecular complexity index is 973. The SMILES string of the molecule is Cc1ccccc1-c1nnc(SCC(=O)NCc2ccc3c(c2)OCO3)o1. The van der Waals surface area contributed by atoms with E-state index < -0.39 is 0 Å². The maximum Gasteiger partial charge on any atom is 0.277 e. The van der Waals surface area contributed by atoms with E-state index >= 15 is 0 Å². The van der Waals surface area contributed by atoms with Crippen LogP contribution >= 0.6 is 11.8 Å². The van der Waals surface area contributed by atoms with E-state index in [0.29, 0.717) is 23.4 Å². The molecule has 7 nitrogen and oxygen atoms in total. The summed E-state index contributed by atoms with van der Waals surface area (Å²) in [5, 5.41) is 11.3. The molecule has 2 aromatic carbocycles. The number of thioether (sulfide) groups is 1. The zero-order valence-electron chi connectivity index (χ0n) is 14.6. The Balaban J connectivity index is 1.29. The molecule has 138 valence electrons. The largest absolute Gasteiger partial charge is 0.454 e. The molecule has 0 saturated heterocycles. The van der Waals surface area contributed by atoms with E-state index in [1.807, 2.05) is 49.4 Å². The first-order valence-electron chi connectivity index (χ1n) is 8.36. The molecule has 1 N–H and O–H groups in total. The maximum absolute atomic E-state index is 12.1. The molecule has 3 aromatic rings. The molecule has 2 heterocycles. The summed E-state index contributed by atoms with van der Waals surface area (Å²) in [6.07, 6.45) is 0. The van der Waals surface area contributed by atoms with Gasteiger partial charge in [-0.15, -0.1) is 10.2 Å². The maximum atomic E-state index is 12.1. The molecule has 0 aliphatic carbocycles. The molecule has 1 amide bonds. The van der Waals surface area contributed by atoms with Gasteiger partial charge in [0.05, 0.1) is 5.75 Å². The van der Waals surface area contributed by atoms with Gasteiger partial charge < -0.3 is 19.2 Å². The highest BCUT2D eigenvalue weighted by atomic mass is 32.2. The number of benzene rings is 2. The Labute approximate surface area is 160 Å². The van der Waals surface area contributed by atoms with Gasteiger partial charge in [-0.05, 0) is 36.2 Å². The molecular weight excluding hydrogens is 366 g/mol. The van der Waals surface area contributed by atoms with Crippen molar-refractivity contribution in [1.82, 2.24) is 15.5 Å². The van der Waals surface area contributed by atoms with Gasteiger partial charge in [0.25, 0.3) is 5.22 Å². The van der Waals surface area contributed by atoms with Crippen molar-refractivity contribution in [3.63, 3.8) is 0 Å². The summed E-state index contributed by atoms with van der Waals surface area (Å²) in [5.41, 5.74) is 2.89. The lowest BCUT2D eigenvalue weighted by Crippen LogP contribution is -2.24. The second-order valence-electron chi connectivity index (χ2n) is 5.94. The van der Waals surface area contributed by atoms with Crippen molar-refractivity contribution < 1.29 is 18.7 Å². The van der Waals surface area contributed by atoms with Crippen molar-refractivity contribution in [1.29, 1.82) is 0 Å². The van der Waals surface area contributed by atoms with E-state index in [4.69, 9.17) is 13.9 Å². The summed E-state index contributed by atoms with van der Waals surface area (Å²) < 4.78 is 16.2. The molecular formula is C19H17N3O4S. The van der Waals surface area contributed by atoms with E-state index in [9.17, 15) is 4.79 Å². The van der Waals surface area contributed by atoms with Crippen molar-refractivity contribution in [2.75, 3.05) is 12.5 Å². The van der Waals surface area contributed by atoms with Crippen LogP contribution in [0, 0.1) is 6.92 Å². The highest BCUT2D eigenvalue weighted by Gasteiger charge is 2.14. The van der Waals surface area contributed by atoms with Crippen LogP contribution in [0.5, 0.6) is 11.5 Å². The number of amides is 1. The van der Waals surface area contributed by atoms with Crippen LogP contribution in [-0.4, -0.2) is 28.7 Å². The first-order chi connectivity index (χ1) is 13.2. The number of carbonyl (C=O) groups is 1. The summed E-state index contributed by atoms with van der Waals surface area (Å²) >= 11 is 1.21. The number of rotatable bonds is 6. The Morgan fingerprint density at radius 2 is 2.00 bits per heavy atom. The summed E-state index contributed by atoms with van der Waals surface area (Å²) in [7, 11) is 0. The molecule has 0 atom stereocenters. The zero-order valence-corrected chi connectivity index (χ0v) is 15.4. The summed E-state index contributed by atoms with van der Waals surface area (Å²) in [4.78, 5) is 12.1. The van der Waals surface area contributed by atoms with Gasteiger partial charge in [0, 0.05) is 12.1 Å². The molecule has 1 aliphatic rings. The summed E-state index contributed by atoms with van der Waals surface area (Å²) in [5.74, 6) is 1.96. The number of aromatic nitrogens is 2. The van der Waals surface area contributed by atoms with Gasteiger partial charge in [0.15, 0.2) is 11.5 Å². The predicted molar refractivity (Wildman–Crippen MR) is 99.6 cm³/mol. The monoisotopic (exact) mass is 383 g/mol. The number of hydrogen-bond acceptors (Lipinski definition) is 7. The van der Waals surface area contributed by atoms with Crippen LogP contribution in [-0.2, 0) is 11.3 Å². The van der Waals surface area contributed by atoms with Gasteiger partial charge in [-0.3, -0.25) is 4.79 Å². The van der Waals surface area contributed by atoms with Crippen LogP contribution in [0.1, 0.15) is 11.1 Å². The molecule has 27 heavy (non-hydrogen) atoms. The van der Waals surface area contributed by atoms with Gasteiger partial charge in [0.1, 0.15) is 0 Å². The number of nitrogens with zero attached hydrogens (tertiary/aromatic N) is 2. The van der Waals surface area contributed by atoms with Crippen LogP contribution in [0.3, 0.4) is 0 Å². The second kappa shape index (κ2) is 7.71. The first-order valence-corrected chi connectivity index (χ1v) is 9.35. The molecule has 0 unspecified atom stereocenters. The number of nitrogens with one attached hydrogen (secondary N) is 1. The standard InChI is InChI=1S/C19H17N3O4S/c1-12-4-2-3-5-14(12)18-21-22-19(26-18)27-10-17(23)20-9-13-6-7-15-16(8-13)25-11-24-15/h2-8H,9-11H2,1H3,(H,20,23). The average molecular weight is 383 g/mol. The van der Waals surface area contributed by atoms with E-state index in [0.717, 1.165) is 22.4 Å². The lowest BCUT2D eigenvalue weighted by Gasteiger charge is -2.05. The summed E-state index contributed by atoms with van der Waals surface area (Å²) in [6.45, 7) is 2.63. The van der Waals surface area contributed by atoms with Crippen molar-refractivity contribution >= 4 is 17.7 Å². The van der Waals surface area contributed by atoms with Crippen molar-refractivity contribution in [3.05, 3.63) is 53.6 Å². The number of ether oxygens (including phenoxy) is 2. The lowest BCUT2D eigenvalue weighted by molar-refractivity contribution is -0.118. The fourth-order valence-electron chi connectivity index (χ4n) is 2.62. The number of carbonyl (C=O) groups excluding carboxylic acids is 1. The number of aryl methyl sites for hydroxylation is 1. The third-order valence-electron chi connectivity index (χ3n) is 4.04. The molecule has 0 bridgehead atoms. The van der Waals surface area contributed by atoms with Crippen molar-refractivity contribution in [3.8, 4) is 23.0 Å². The first kappa shape index (κ1) is 17.4. The van der Waals surface area contributed by atoms with Gasteiger partial charge in [-0.1, -0.05) is 36.0 Å². The van der Waals surface area contributed by atoms with Crippen molar-refractivity contribution in [2.45, 2.75) is 18.7 Å². The minimum absolute atomic E-state index is 0.117. The molecule has 1 aromatic heterocycles. The van der Waals surface area contributed by atoms with Crippen molar-refractivity contribution in [2.24, 2.45) is 0 Å². The van der Waals surface area contributed by atoms with Gasteiger partial charge in [-0.25, -0.2) is 0 Å². The predicted octanol–water partition coefficient (Wildman–Crippen LogP) is 3.18. The Morgan fingerprint density at radius 1 is 1.15 bits per heavy atom. The Hall–Kier alpha value is -3.00.